The van der Waals surface area contributed by atoms with Gasteiger partial charge >= 0.3 is 0 Å². The van der Waals surface area contributed by atoms with Gasteiger partial charge in [0.2, 0.25) is 0 Å². The molecule has 0 aliphatic heterocycles. The summed E-state index contributed by atoms with van der Waals surface area (Å²) >= 11 is 0. The van der Waals surface area contributed by atoms with Gasteiger partial charge < -0.3 is 14.4 Å². The molecule has 0 atom stereocenters. The summed E-state index contributed by atoms with van der Waals surface area (Å²) < 4.78 is 23.7. The molecule has 1 rings (SSSR count). The molecule has 0 unspecified atom stereocenters. The SMILES string of the molecule is COCCCN(CCOC)c1cccc(F)c1C#N. The lowest BCUT2D eigenvalue weighted by Crippen LogP contribution is -2.29. The monoisotopic (exact) mass is 266 g/mol. The lowest BCUT2D eigenvalue weighted by Gasteiger charge is -2.25. The van der Waals surface area contributed by atoms with Crippen LogP contribution in [0.4, 0.5) is 10.1 Å². The van der Waals surface area contributed by atoms with E-state index in [1.54, 1.807) is 26.4 Å². The highest BCUT2D eigenvalue weighted by Crippen LogP contribution is 2.22. The number of hydrogen-bond donors (Lipinski definition) is 0. The van der Waals surface area contributed by atoms with Gasteiger partial charge in [-0.25, -0.2) is 4.39 Å². The minimum atomic E-state index is -0.492. The molecule has 0 saturated carbocycles. The maximum Gasteiger partial charge on any atom is 0.143 e. The fraction of sp³-hybridized carbons (Fsp3) is 0.500. The Balaban J connectivity index is 2.89. The molecular formula is C14H19FN2O2. The molecule has 0 aliphatic rings. The van der Waals surface area contributed by atoms with E-state index in [0.717, 1.165) is 6.42 Å². The van der Waals surface area contributed by atoms with Crippen LogP contribution in [0.5, 0.6) is 0 Å². The quantitative estimate of drug-likeness (QED) is 0.677. The summed E-state index contributed by atoms with van der Waals surface area (Å²) in [6.07, 6.45) is 0.807. The van der Waals surface area contributed by atoms with Crippen LogP contribution in [0.2, 0.25) is 0 Å². The van der Waals surface area contributed by atoms with Crippen LogP contribution in [-0.4, -0.2) is 40.5 Å². The zero-order valence-electron chi connectivity index (χ0n) is 11.4. The molecule has 0 fully saturated rings. The maximum absolute atomic E-state index is 13.6. The Bertz CT molecular complexity index is 432. The fourth-order valence-corrected chi connectivity index (χ4v) is 1.84. The Hall–Kier alpha value is -1.64. The summed E-state index contributed by atoms with van der Waals surface area (Å²) in [4.78, 5) is 1.95. The van der Waals surface area contributed by atoms with Crippen LogP contribution in [0.25, 0.3) is 0 Å². The predicted octanol–water partition coefficient (Wildman–Crippen LogP) is 2.19. The molecule has 0 aliphatic carbocycles. The van der Waals surface area contributed by atoms with Crippen LogP contribution in [0.15, 0.2) is 18.2 Å². The molecule has 4 nitrogen and oxygen atoms in total. The third-order valence-corrected chi connectivity index (χ3v) is 2.79. The van der Waals surface area contributed by atoms with Crippen molar-refractivity contribution in [3.8, 4) is 6.07 Å². The van der Waals surface area contributed by atoms with Crippen LogP contribution in [0, 0.1) is 17.1 Å². The summed E-state index contributed by atoms with van der Waals surface area (Å²) in [5, 5.41) is 9.07. The third kappa shape index (κ3) is 4.51. The molecule has 5 heteroatoms. The molecule has 104 valence electrons. The van der Waals surface area contributed by atoms with Crippen LogP contribution >= 0.6 is 0 Å². The number of anilines is 1. The molecule has 0 spiro atoms. The summed E-state index contributed by atoms with van der Waals surface area (Å²) in [6.45, 7) is 2.45. The lowest BCUT2D eigenvalue weighted by atomic mass is 10.1. The normalized spacial score (nSPS) is 10.2. The van der Waals surface area contributed by atoms with Gasteiger partial charge in [-0.05, 0) is 18.6 Å². The van der Waals surface area contributed by atoms with E-state index < -0.39 is 5.82 Å². The highest BCUT2D eigenvalue weighted by molar-refractivity contribution is 5.59. The van der Waals surface area contributed by atoms with Gasteiger partial charge in [-0.15, -0.1) is 0 Å². The number of methoxy groups -OCH3 is 2. The Morgan fingerprint density at radius 2 is 1.95 bits per heavy atom. The van der Waals surface area contributed by atoms with Crippen molar-refractivity contribution in [3.63, 3.8) is 0 Å². The second-order valence-electron chi connectivity index (χ2n) is 4.07. The molecule has 0 bridgehead atoms. The summed E-state index contributed by atoms with van der Waals surface area (Å²) in [6, 6.07) is 6.59. The van der Waals surface area contributed by atoms with Gasteiger partial charge in [0, 0.05) is 33.9 Å². The van der Waals surface area contributed by atoms with E-state index >= 15 is 0 Å². The molecule has 0 saturated heterocycles. The van der Waals surface area contributed by atoms with Gasteiger partial charge in [0.25, 0.3) is 0 Å². The van der Waals surface area contributed by atoms with Crippen molar-refractivity contribution >= 4 is 5.69 Å². The van der Waals surface area contributed by atoms with Crippen molar-refractivity contribution in [2.45, 2.75) is 6.42 Å². The number of nitriles is 1. The Morgan fingerprint density at radius 3 is 2.58 bits per heavy atom. The molecule has 0 radical (unpaired) electrons. The molecule has 1 aromatic rings. The largest absolute Gasteiger partial charge is 0.385 e. The second-order valence-corrected chi connectivity index (χ2v) is 4.07. The Kier molecular flexibility index (Phi) is 6.86. The highest BCUT2D eigenvalue weighted by Gasteiger charge is 2.14. The first-order valence-corrected chi connectivity index (χ1v) is 6.16. The topological polar surface area (TPSA) is 45.5 Å². The average Bonchev–Trinajstić information content (AvgIpc) is 2.42. The van der Waals surface area contributed by atoms with Crippen molar-refractivity contribution in [2.75, 3.05) is 45.4 Å². The van der Waals surface area contributed by atoms with Crippen LogP contribution in [0.3, 0.4) is 0 Å². The molecule has 0 N–H and O–H groups in total. The number of ether oxygens (including phenoxy) is 2. The molecule has 0 aromatic heterocycles. The predicted molar refractivity (Wildman–Crippen MR) is 71.7 cm³/mol. The van der Waals surface area contributed by atoms with Gasteiger partial charge in [-0.2, -0.15) is 5.26 Å². The summed E-state index contributed by atoms with van der Waals surface area (Å²) in [7, 11) is 3.26. The van der Waals surface area contributed by atoms with E-state index in [-0.39, 0.29) is 5.56 Å². The Morgan fingerprint density at radius 1 is 1.21 bits per heavy atom. The van der Waals surface area contributed by atoms with Gasteiger partial charge in [0.1, 0.15) is 17.4 Å². The molecule has 1 aromatic carbocycles. The number of rotatable bonds is 8. The minimum Gasteiger partial charge on any atom is -0.385 e. The number of hydrogen-bond acceptors (Lipinski definition) is 4. The third-order valence-electron chi connectivity index (χ3n) is 2.79. The van der Waals surface area contributed by atoms with E-state index in [4.69, 9.17) is 14.7 Å². The first-order valence-electron chi connectivity index (χ1n) is 6.16. The molecule has 19 heavy (non-hydrogen) atoms. The first-order chi connectivity index (χ1) is 9.24. The van der Waals surface area contributed by atoms with E-state index in [2.05, 4.69) is 0 Å². The summed E-state index contributed by atoms with van der Waals surface area (Å²) in [5.74, 6) is -0.492. The fourth-order valence-electron chi connectivity index (χ4n) is 1.84. The van der Waals surface area contributed by atoms with Gasteiger partial charge in [-0.3, -0.25) is 0 Å². The number of benzene rings is 1. The minimum absolute atomic E-state index is 0.0796. The van der Waals surface area contributed by atoms with Gasteiger partial charge in [0.05, 0.1) is 12.3 Å². The van der Waals surface area contributed by atoms with Crippen molar-refractivity contribution in [3.05, 3.63) is 29.6 Å². The average molecular weight is 266 g/mol. The van der Waals surface area contributed by atoms with Gasteiger partial charge in [-0.1, -0.05) is 6.07 Å². The van der Waals surface area contributed by atoms with Crippen LogP contribution < -0.4 is 4.90 Å². The molecular weight excluding hydrogens is 247 g/mol. The summed E-state index contributed by atoms with van der Waals surface area (Å²) in [5.41, 5.74) is 0.687. The van der Waals surface area contributed by atoms with Crippen molar-refractivity contribution in [1.82, 2.24) is 0 Å². The second kappa shape index (κ2) is 8.46. The first kappa shape index (κ1) is 15.4. The van der Waals surface area contributed by atoms with Crippen molar-refractivity contribution in [2.24, 2.45) is 0 Å². The molecule has 0 heterocycles. The lowest BCUT2D eigenvalue weighted by molar-refractivity contribution is 0.191. The maximum atomic E-state index is 13.6. The zero-order valence-corrected chi connectivity index (χ0v) is 11.4. The molecule has 0 amide bonds. The highest BCUT2D eigenvalue weighted by atomic mass is 19.1. The smallest absolute Gasteiger partial charge is 0.143 e. The standard InChI is InChI=1S/C14H19FN2O2/c1-18-9-4-7-17(8-10-19-2)14-6-3-5-13(15)12(14)11-16/h3,5-6H,4,7-10H2,1-2H3. The zero-order chi connectivity index (χ0) is 14.1. The van der Waals surface area contributed by atoms with Crippen molar-refractivity contribution in [1.29, 1.82) is 5.26 Å². The van der Waals surface area contributed by atoms with Crippen LogP contribution in [-0.2, 0) is 9.47 Å². The number of halogens is 1. The van der Waals surface area contributed by atoms with Crippen LogP contribution in [0.1, 0.15) is 12.0 Å². The Labute approximate surface area is 113 Å². The van der Waals surface area contributed by atoms with Crippen molar-refractivity contribution < 1.29 is 13.9 Å². The van der Waals surface area contributed by atoms with Gasteiger partial charge in [0.15, 0.2) is 0 Å². The van der Waals surface area contributed by atoms with E-state index in [1.807, 2.05) is 11.0 Å². The van der Waals surface area contributed by atoms with E-state index in [0.29, 0.717) is 32.0 Å². The van der Waals surface area contributed by atoms with E-state index in [9.17, 15) is 4.39 Å². The number of nitrogens with zero attached hydrogens (tertiary/aromatic N) is 2. The van der Waals surface area contributed by atoms with E-state index in [1.165, 1.54) is 6.07 Å².